The monoisotopic (exact) mass is 352 g/mol. The predicted octanol–water partition coefficient (Wildman–Crippen LogP) is 8.65. The standard InChI is InChI=1S/C26H40/c1-3-5-7-9-11-13-17-23-19-15-21-25-22-16-20-24(26(23)25)18-14-12-10-8-6-4-2/h15-16,19-22H,3-14,17-18H2,1-2H3. The van der Waals surface area contributed by atoms with Crippen LogP contribution in [0, 0.1) is 0 Å². The van der Waals surface area contributed by atoms with Crippen molar-refractivity contribution in [3.63, 3.8) is 0 Å². The van der Waals surface area contributed by atoms with Gasteiger partial charge in [0, 0.05) is 0 Å². The second kappa shape index (κ2) is 13.0. The van der Waals surface area contributed by atoms with Gasteiger partial charge in [-0.1, -0.05) is 114 Å². The fourth-order valence-electron chi connectivity index (χ4n) is 4.11. The van der Waals surface area contributed by atoms with Crippen molar-refractivity contribution in [3.05, 3.63) is 47.5 Å². The Labute approximate surface area is 162 Å². The van der Waals surface area contributed by atoms with Crippen LogP contribution in [0.4, 0.5) is 0 Å². The number of benzene rings is 2. The number of hydrogen-bond donors (Lipinski definition) is 0. The average molecular weight is 353 g/mol. The summed E-state index contributed by atoms with van der Waals surface area (Å²) < 4.78 is 0. The third-order valence-corrected chi connectivity index (χ3v) is 5.68. The molecule has 2 aromatic rings. The molecule has 0 saturated carbocycles. The first kappa shape index (κ1) is 21.0. The summed E-state index contributed by atoms with van der Waals surface area (Å²) in [4.78, 5) is 0. The molecule has 0 bridgehead atoms. The molecule has 0 saturated heterocycles. The second-order valence-corrected chi connectivity index (χ2v) is 7.97. The number of aryl methyl sites for hydroxylation is 2. The molecule has 2 rings (SSSR count). The molecule has 0 fully saturated rings. The summed E-state index contributed by atoms with van der Waals surface area (Å²) in [7, 11) is 0. The zero-order chi connectivity index (χ0) is 18.5. The van der Waals surface area contributed by atoms with E-state index in [1.54, 1.807) is 16.5 Å². The first-order valence-electron chi connectivity index (χ1n) is 11.4. The lowest BCUT2D eigenvalue weighted by Gasteiger charge is -2.12. The van der Waals surface area contributed by atoms with Gasteiger partial charge in [-0.05, 0) is 47.6 Å². The maximum absolute atomic E-state index is 2.37. The van der Waals surface area contributed by atoms with Crippen molar-refractivity contribution in [2.45, 2.75) is 104 Å². The van der Waals surface area contributed by atoms with E-state index in [1.165, 1.54) is 95.3 Å². The highest BCUT2D eigenvalue weighted by atomic mass is 14.1. The van der Waals surface area contributed by atoms with Crippen molar-refractivity contribution in [1.29, 1.82) is 0 Å². The third-order valence-electron chi connectivity index (χ3n) is 5.68. The van der Waals surface area contributed by atoms with Crippen LogP contribution in [0.3, 0.4) is 0 Å². The summed E-state index contributed by atoms with van der Waals surface area (Å²) in [6, 6.07) is 13.8. The van der Waals surface area contributed by atoms with Crippen molar-refractivity contribution in [3.8, 4) is 0 Å². The first-order chi connectivity index (χ1) is 12.9. The van der Waals surface area contributed by atoms with E-state index in [4.69, 9.17) is 0 Å². The molecule has 0 aromatic heterocycles. The lowest BCUT2D eigenvalue weighted by atomic mass is 9.93. The van der Waals surface area contributed by atoms with Crippen LogP contribution in [0.25, 0.3) is 10.8 Å². The molecule has 0 unspecified atom stereocenters. The molecule has 0 heterocycles. The SMILES string of the molecule is CCCCCCCCc1cccc2cccc(CCCCCCCC)c12. The predicted molar refractivity (Wildman–Crippen MR) is 118 cm³/mol. The number of unbranched alkanes of at least 4 members (excludes halogenated alkanes) is 10. The van der Waals surface area contributed by atoms with Gasteiger partial charge in [0.05, 0.1) is 0 Å². The molecule has 0 aliphatic carbocycles. The normalized spacial score (nSPS) is 11.3. The molecular weight excluding hydrogens is 312 g/mol. The molecule has 0 N–H and O–H groups in total. The van der Waals surface area contributed by atoms with Gasteiger partial charge in [-0.3, -0.25) is 0 Å². The van der Waals surface area contributed by atoms with Crippen LogP contribution < -0.4 is 0 Å². The Morgan fingerprint density at radius 1 is 0.500 bits per heavy atom. The topological polar surface area (TPSA) is 0 Å². The molecule has 26 heavy (non-hydrogen) atoms. The van der Waals surface area contributed by atoms with Crippen molar-refractivity contribution in [2.75, 3.05) is 0 Å². The molecule has 0 spiro atoms. The minimum absolute atomic E-state index is 1.25. The van der Waals surface area contributed by atoms with Gasteiger partial charge in [-0.25, -0.2) is 0 Å². The van der Waals surface area contributed by atoms with E-state index in [9.17, 15) is 0 Å². The Hall–Kier alpha value is -1.30. The van der Waals surface area contributed by atoms with Crippen molar-refractivity contribution < 1.29 is 0 Å². The molecule has 0 amide bonds. The minimum atomic E-state index is 1.25. The van der Waals surface area contributed by atoms with Gasteiger partial charge in [0.2, 0.25) is 0 Å². The maximum Gasteiger partial charge on any atom is -0.0120 e. The van der Waals surface area contributed by atoms with Crippen molar-refractivity contribution in [1.82, 2.24) is 0 Å². The van der Waals surface area contributed by atoms with E-state index in [0.717, 1.165) is 0 Å². The zero-order valence-corrected chi connectivity index (χ0v) is 17.4. The third kappa shape index (κ3) is 7.14. The quantitative estimate of drug-likeness (QED) is 0.298. The average Bonchev–Trinajstić information content (AvgIpc) is 2.67. The fourth-order valence-corrected chi connectivity index (χ4v) is 4.11. The molecule has 0 atom stereocenters. The zero-order valence-electron chi connectivity index (χ0n) is 17.4. The molecule has 0 nitrogen and oxygen atoms in total. The second-order valence-electron chi connectivity index (χ2n) is 7.97. The molecule has 0 radical (unpaired) electrons. The van der Waals surface area contributed by atoms with Gasteiger partial charge >= 0.3 is 0 Å². The molecule has 144 valence electrons. The van der Waals surface area contributed by atoms with E-state index in [0.29, 0.717) is 0 Å². The van der Waals surface area contributed by atoms with Crippen LogP contribution in [0.1, 0.15) is 102 Å². The smallest absolute Gasteiger partial charge is 0.0120 e. The Morgan fingerprint density at radius 3 is 1.38 bits per heavy atom. The van der Waals surface area contributed by atoms with Crippen LogP contribution in [-0.4, -0.2) is 0 Å². The summed E-state index contributed by atoms with van der Waals surface area (Å²) in [5.41, 5.74) is 3.17. The number of hydrogen-bond acceptors (Lipinski definition) is 0. The first-order valence-corrected chi connectivity index (χ1v) is 11.4. The summed E-state index contributed by atoms with van der Waals surface area (Å²) in [6.45, 7) is 4.59. The summed E-state index contributed by atoms with van der Waals surface area (Å²) in [6.07, 6.45) is 19.1. The summed E-state index contributed by atoms with van der Waals surface area (Å²) in [5, 5.41) is 3.01. The van der Waals surface area contributed by atoms with E-state index in [-0.39, 0.29) is 0 Å². The highest BCUT2D eigenvalue weighted by Crippen LogP contribution is 2.26. The molecule has 0 aliphatic rings. The van der Waals surface area contributed by atoms with Crippen LogP contribution in [-0.2, 0) is 12.8 Å². The lowest BCUT2D eigenvalue weighted by Crippen LogP contribution is -1.94. The fraction of sp³-hybridized carbons (Fsp3) is 0.615. The lowest BCUT2D eigenvalue weighted by molar-refractivity contribution is 0.606. The van der Waals surface area contributed by atoms with Gasteiger partial charge in [-0.15, -0.1) is 0 Å². The van der Waals surface area contributed by atoms with E-state index >= 15 is 0 Å². The van der Waals surface area contributed by atoms with Gasteiger partial charge in [0.25, 0.3) is 0 Å². The van der Waals surface area contributed by atoms with Gasteiger partial charge in [-0.2, -0.15) is 0 Å². The van der Waals surface area contributed by atoms with E-state index in [1.807, 2.05) is 0 Å². The molecule has 2 aromatic carbocycles. The Kier molecular flexibility index (Phi) is 10.5. The number of rotatable bonds is 14. The Balaban J connectivity index is 1.92. The maximum atomic E-state index is 2.37. The van der Waals surface area contributed by atoms with Crippen LogP contribution >= 0.6 is 0 Å². The van der Waals surface area contributed by atoms with Gasteiger partial charge < -0.3 is 0 Å². The highest BCUT2D eigenvalue weighted by molar-refractivity contribution is 5.89. The van der Waals surface area contributed by atoms with Crippen LogP contribution in [0.2, 0.25) is 0 Å². The Bertz CT molecular complexity index is 560. The molecule has 0 heteroatoms. The minimum Gasteiger partial charge on any atom is -0.0654 e. The van der Waals surface area contributed by atoms with Gasteiger partial charge in [0.1, 0.15) is 0 Å². The van der Waals surface area contributed by atoms with Crippen molar-refractivity contribution >= 4 is 10.8 Å². The largest absolute Gasteiger partial charge is 0.0654 e. The molecular formula is C26H40. The number of fused-ring (bicyclic) bond motifs is 1. The summed E-state index contributed by atoms with van der Waals surface area (Å²) >= 11 is 0. The van der Waals surface area contributed by atoms with Crippen LogP contribution in [0.15, 0.2) is 36.4 Å². The van der Waals surface area contributed by atoms with Crippen molar-refractivity contribution in [2.24, 2.45) is 0 Å². The van der Waals surface area contributed by atoms with Crippen LogP contribution in [0.5, 0.6) is 0 Å². The van der Waals surface area contributed by atoms with E-state index in [2.05, 4.69) is 50.2 Å². The molecule has 0 aliphatic heterocycles. The van der Waals surface area contributed by atoms with E-state index < -0.39 is 0 Å². The van der Waals surface area contributed by atoms with Gasteiger partial charge in [0.15, 0.2) is 0 Å². The Morgan fingerprint density at radius 2 is 0.923 bits per heavy atom. The highest BCUT2D eigenvalue weighted by Gasteiger charge is 2.06. The summed E-state index contributed by atoms with van der Waals surface area (Å²) in [5.74, 6) is 0.